The molecule has 1 atom stereocenters. The topological polar surface area (TPSA) is 72.4 Å². The van der Waals surface area contributed by atoms with Crippen LogP contribution in [0.2, 0.25) is 0 Å². The normalized spacial score (nSPS) is 16.1. The van der Waals surface area contributed by atoms with E-state index in [0.717, 1.165) is 43.7 Å². The molecular weight excluding hydrogens is 386 g/mol. The molecule has 3 aromatic rings. The third-order valence-electron chi connectivity index (χ3n) is 5.41. The lowest BCUT2D eigenvalue weighted by atomic mass is 9.90. The molecule has 7 heteroatoms. The molecule has 3 heterocycles. The molecule has 0 saturated carbocycles. The number of furan rings is 1. The number of piperidine rings is 1. The highest BCUT2D eigenvalue weighted by molar-refractivity contribution is 8.00. The lowest BCUT2D eigenvalue weighted by molar-refractivity contribution is -0.131. The number of carbonyl (C=O) groups is 1. The number of amides is 1. The van der Waals surface area contributed by atoms with E-state index in [0.29, 0.717) is 17.0 Å². The fourth-order valence-corrected chi connectivity index (χ4v) is 4.50. The number of likely N-dealkylation sites (tertiary alicyclic amines) is 1. The summed E-state index contributed by atoms with van der Waals surface area (Å²) in [6.07, 6.45) is 4.77. The van der Waals surface area contributed by atoms with Crippen LogP contribution in [0.3, 0.4) is 0 Å². The van der Waals surface area contributed by atoms with Gasteiger partial charge in [0.25, 0.3) is 11.1 Å². The third-order valence-corrected chi connectivity index (χ3v) is 6.34. The quantitative estimate of drug-likeness (QED) is 0.552. The average Bonchev–Trinajstić information content (AvgIpc) is 3.37. The molecular formula is C22H25N3O3S. The van der Waals surface area contributed by atoms with Crippen molar-refractivity contribution in [1.29, 1.82) is 0 Å². The number of nitrogens with zero attached hydrogens (tertiary/aromatic N) is 3. The van der Waals surface area contributed by atoms with Crippen LogP contribution in [0, 0.1) is 12.8 Å². The molecule has 0 aliphatic carbocycles. The Labute approximate surface area is 174 Å². The first-order chi connectivity index (χ1) is 14.1. The first-order valence-corrected chi connectivity index (χ1v) is 10.9. The molecule has 6 nitrogen and oxygen atoms in total. The van der Waals surface area contributed by atoms with Gasteiger partial charge in [-0.05, 0) is 50.7 Å². The predicted molar refractivity (Wildman–Crippen MR) is 112 cm³/mol. The maximum Gasteiger partial charge on any atom is 0.277 e. The summed E-state index contributed by atoms with van der Waals surface area (Å²) in [5, 5.41) is 8.28. The number of rotatable bonds is 6. The van der Waals surface area contributed by atoms with Gasteiger partial charge in [-0.25, -0.2) is 0 Å². The van der Waals surface area contributed by atoms with Gasteiger partial charge in [0.2, 0.25) is 5.91 Å². The number of thioether (sulfide) groups is 1. The zero-order chi connectivity index (χ0) is 20.2. The molecule has 1 unspecified atom stereocenters. The fourth-order valence-electron chi connectivity index (χ4n) is 3.74. The van der Waals surface area contributed by atoms with Gasteiger partial charge in [0, 0.05) is 13.1 Å². The highest BCUT2D eigenvalue weighted by atomic mass is 32.2. The van der Waals surface area contributed by atoms with Crippen LogP contribution in [-0.4, -0.2) is 39.3 Å². The summed E-state index contributed by atoms with van der Waals surface area (Å²) < 4.78 is 11.0. The van der Waals surface area contributed by atoms with Crippen LogP contribution in [-0.2, 0) is 11.2 Å². The van der Waals surface area contributed by atoms with Crippen molar-refractivity contribution in [1.82, 2.24) is 15.1 Å². The Morgan fingerprint density at radius 3 is 2.66 bits per heavy atom. The summed E-state index contributed by atoms with van der Waals surface area (Å²) >= 11 is 1.31. The summed E-state index contributed by atoms with van der Waals surface area (Å²) in [6, 6.07) is 12.4. The number of hydrogen-bond acceptors (Lipinski definition) is 6. The number of aryl methyl sites for hydroxylation is 1. The Morgan fingerprint density at radius 1 is 1.21 bits per heavy atom. The minimum absolute atomic E-state index is 0.132. The van der Waals surface area contributed by atoms with Gasteiger partial charge in [-0.3, -0.25) is 4.79 Å². The van der Waals surface area contributed by atoms with Gasteiger partial charge in [0.15, 0.2) is 0 Å². The minimum Gasteiger partial charge on any atom is -0.469 e. The monoisotopic (exact) mass is 411 g/mol. The Kier molecular flexibility index (Phi) is 6.04. The molecule has 1 aromatic carbocycles. The summed E-state index contributed by atoms with van der Waals surface area (Å²) in [5.41, 5.74) is 2.16. The summed E-state index contributed by atoms with van der Waals surface area (Å²) in [4.78, 5) is 14.8. The van der Waals surface area contributed by atoms with E-state index in [-0.39, 0.29) is 11.2 Å². The molecule has 0 spiro atoms. The van der Waals surface area contributed by atoms with Crippen molar-refractivity contribution in [3.63, 3.8) is 0 Å². The lowest BCUT2D eigenvalue weighted by Gasteiger charge is -2.33. The maximum absolute atomic E-state index is 12.9. The highest BCUT2D eigenvalue weighted by Gasteiger charge is 2.28. The van der Waals surface area contributed by atoms with E-state index in [2.05, 4.69) is 34.5 Å². The van der Waals surface area contributed by atoms with Crippen LogP contribution < -0.4 is 0 Å². The summed E-state index contributed by atoms with van der Waals surface area (Å²) in [5.74, 6) is 1.92. The van der Waals surface area contributed by atoms with Gasteiger partial charge >= 0.3 is 0 Å². The van der Waals surface area contributed by atoms with E-state index in [1.807, 2.05) is 24.8 Å². The van der Waals surface area contributed by atoms with E-state index < -0.39 is 0 Å². The Hall–Kier alpha value is -2.54. The van der Waals surface area contributed by atoms with Crippen LogP contribution >= 0.6 is 11.8 Å². The van der Waals surface area contributed by atoms with Crippen molar-refractivity contribution >= 4 is 17.7 Å². The number of carbonyl (C=O) groups excluding carboxylic acids is 1. The molecule has 152 valence electrons. The van der Waals surface area contributed by atoms with Gasteiger partial charge in [0.1, 0.15) is 5.76 Å². The van der Waals surface area contributed by atoms with E-state index >= 15 is 0 Å². The van der Waals surface area contributed by atoms with Gasteiger partial charge in [-0.15, -0.1) is 10.2 Å². The van der Waals surface area contributed by atoms with Crippen LogP contribution in [0.15, 0.2) is 56.7 Å². The van der Waals surface area contributed by atoms with Crippen molar-refractivity contribution in [3.05, 3.63) is 54.0 Å². The van der Waals surface area contributed by atoms with Crippen LogP contribution in [0.5, 0.6) is 0 Å². The van der Waals surface area contributed by atoms with E-state index in [4.69, 9.17) is 8.83 Å². The van der Waals surface area contributed by atoms with E-state index in [1.54, 1.807) is 12.3 Å². The van der Waals surface area contributed by atoms with Crippen molar-refractivity contribution in [2.24, 2.45) is 5.92 Å². The summed E-state index contributed by atoms with van der Waals surface area (Å²) in [6.45, 7) is 5.37. The molecule has 1 saturated heterocycles. The fraction of sp³-hybridized carbons (Fsp3) is 0.409. The van der Waals surface area contributed by atoms with E-state index in [1.165, 1.54) is 17.3 Å². The zero-order valence-electron chi connectivity index (χ0n) is 16.7. The Balaban J connectivity index is 1.29. The Morgan fingerprint density at radius 2 is 1.97 bits per heavy atom. The number of hydrogen-bond donors (Lipinski definition) is 0. The summed E-state index contributed by atoms with van der Waals surface area (Å²) in [7, 11) is 0. The molecule has 29 heavy (non-hydrogen) atoms. The van der Waals surface area contributed by atoms with Crippen LogP contribution in [0.4, 0.5) is 0 Å². The number of benzene rings is 1. The lowest BCUT2D eigenvalue weighted by Crippen LogP contribution is -2.42. The van der Waals surface area contributed by atoms with Crippen molar-refractivity contribution in [3.8, 4) is 11.5 Å². The van der Waals surface area contributed by atoms with Crippen molar-refractivity contribution in [2.75, 3.05) is 13.1 Å². The van der Waals surface area contributed by atoms with Gasteiger partial charge < -0.3 is 13.7 Å². The van der Waals surface area contributed by atoms with Crippen molar-refractivity contribution in [2.45, 2.75) is 43.6 Å². The second-order valence-corrected chi connectivity index (χ2v) is 8.77. The second kappa shape index (κ2) is 8.86. The van der Waals surface area contributed by atoms with Crippen molar-refractivity contribution < 1.29 is 13.6 Å². The zero-order valence-corrected chi connectivity index (χ0v) is 17.5. The molecule has 0 bridgehead atoms. The highest BCUT2D eigenvalue weighted by Crippen LogP contribution is 2.30. The number of aromatic nitrogens is 2. The van der Waals surface area contributed by atoms with Crippen LogP contribution in [0.25, 0.3) is 11.5 Å². The van der Waals surface area contributed by atoms with Gasteiger partial charge in [0.05, 0.1) is 17.1 Å². The molecule has 1 fully saturated rings. The van der Waals surface area contributed by atoms with Gasteiger partial charge in [-0.1, -0.05) is 42.1 Å². The Bertz CT molecular complexity index is 945. The maximum atomic E-state index is 12.9. The van der Waals surface area contributed by atoms with E-state index in [9.17, 15) is 4.79 Å². The molecule has 2 aromatic heterocycles. The molecule has 0 radical (unpaired) electrons. The molecule has 1 aliphatic heterocycles. The predicted octanol–water partition coefficient (Wildman–Crippen LogP) is 4.60. The third kappa shape index (κ3) is 4.72. The standard InChI is InChI=1S/C22H25N3O3S/c1-15-19(10-13-27-15)20-23-24-22(28-20)29-16(2)21(26)25-11-8-18(9-12-25)14-17-6-4-3-5-7-17/h3-7,10,13,16,18H,8-9,11-12,14H2,1-2H3. The second-order valence-electron chi connectivity index (χ2n) is 7.48. The largest absolute Gasteiger partial charge is 0.469 e. The first kappa shape index (κ1) is 19.8. The molecule has 1 amide bonds. The SMILES string of the molecule is Cc1occc1-c1nnc(SC(C)C(=O)N2CCC(Cc3ccccc3)CC2)o1. The average molecular weight is 412 g/mol. The molecule has 1 aliphatic rings. The minimum atomic E-state index is -0.264. The molecule has 0 N–H and O–H groups in total. The smallest absolute Gasteiger partial charge is 0.277 e. The molecule has 4 rings (SSSR count). The first-order valence-electron chi connectivity index (χ1n) is 9.97. The van der Waals surface area contributed by atoms with Crippen LogP contribution in [0.1, 0.15) is 31.1 Å². The van der Waals surface area contributed by atoms with Gasteiger partial charge in [-0.2, -0.15) is 0 Å².